The van der Waals surface area contributed by atoms with E-state index >= 15 is 0 Å². The lowest BCUT2D eigenvalue weighted by atomic mass is 9.87. The van der Waals surface area contributed by atoms with Gasteiger partial charge in [0.05, 0.1) is 18.6 Å². The molecule has 5 nitrogen and oxygen atoms in total. The van der Waals surface area contributed by atoms with Crippen molar-refractivity contribution in [2.75, 3.05) is 13.7 Å². The van der Waals surface area contributed by atoms with Crippen molar-refractivity contribution in [3.8, 4) is 5.75 Å². The van der Waals surface area contributed by atoms with Gasteiger partial charge in [0.25, 0.3) is 0 Å². The maximum Gasteiger partial charge on any atom is 0.249 e. The van der Waals surface area contributed by atoms with Gasteiger partial charge in [0.15, 0.2) is 0 Å². The summed E-state index contributed by atoms with van der Waals surface area (Å²) < 4.78 is 7.02. The second kappa shape index (κ2) is 10.3. The molecule has 0 bridgehead atoms. The van der Waals surface area contributed by atoms with Crippen LogP contribution in [-0.2, 0) is 6.54 Å². The normalized spacial score (nSPS) is 13.5. The first-order valence-electron chi connectivity index (χ1n) is 11.2. The van der Waals surface area contributed by atoms with Crippen LogP contribution < -0.4 is 10.1 Å². The van der Waals surface area contributed by atoms with E-state index in [0.717, 1.165) is 45.0 Å². The van der Waals surface area contributed by atoms with E-state index in [1.54, 1.807) is 13.3 Å². The van der Waals surface area contributed by atoms with E-state index in [4.69, 9.17) is 10.3 Å². The highest BCUT2D eigenvalue weighted by molar-refractivity contribution is 5.46. The Bertz CT molecular complexity index is 1140. The smallest absolute Gasteiger partial charge is 0.249 e. The molecule has 168 valence electrons. The summed E-state index contributed by atoms with van der Waals surface area (Å²) in [5.41, 5.74) is 15.9. The van der Waals surface area contributed by atoms with Crippen molar-refractivity contribution in [3.63, 3.8) is 0 Å². The molecule has 1 aliphatic heterocycles. The second-order valence-electron chi connectivity index (χ2n) is 8.18. The zero-order valence-corrected chi connectivity index (χ0v) is 19.1. The van der Waals surface area contributed by atoms with Crippen molar-refractivity contribution < 1.29 is 14.5 Å². The van der Waals surface area contributed by atoms with Crippen molar-refractivity contribution in [3.05, 3.63) is 124 Å². The number of ether oxygens (including phenoxy) is 1. The van der Waals surface area contributed by atoms with E-state index in [1.807, 2.05) is 48.5 Å². The first-order valence-corrected chi connectivity index (χ1v) is 11.2. The van der Waals surface area contributed by atoms with Gasteiger partial charge in [0.1, 0.15) is 11.4 Å². The van der Waals surface area contributed by atoms with Gasteiger partial charge < -0.3 is 15.2 Å². The SMILES string of the molecule is COc1ccc(C)cc1CNC1=C(C(c2ccccc2)c2ccccc2)[N+](=N)C=C1CCO. The molecule has 0 radical (unpaired) electrons. The van der Waals surface area contributed by atoms with Crippen LogP contribution in [0.25, 0.3) is 0 Å². The quantitative estimate of drug-likeness (QED) is 0.387. The van der Waals surface area contributed by atoms with Gasteiger partial charge in [-0.05, 0) is 29.6 Å². The summed E-state index contributed by atoms with van der Waals surface area (Å²) in [6.45, 7) is 2.64. The number of aliphatic hydroxyl groups excluding tert-OH is 1. The van der Waals surface area contributed by atoms with E-state index in [9.17, 15) is 5.11 Å². The van der Waals surface area contributed by atoms with Crippen LogP contribution in [0, 0.1) is 12.5 Å². The lowest BCUT2D eigenvalue weighted by molar-refractivity contribution is -0.501. The van der Waals surface area contributed by atoms with Gasteiger partial charge in [-0.25, -0.2) is 0 Å². The molecule has 5 heteroatoms. The lowest BCUT2D eigenvalue weighted by Crippen LogP contribution is -2.20. The zero-order chi connectivity index (χ0) is 23.2. The van der Waals surface area contributed by atoms with Crippen molar-refractivity contribution in [1.82, 2.24) is 5.32 Å². The largest absolute Gasteiger partial charge is 0.496 e. The summed E-state index contributed by atoms with van der Waals surface area (Å²) >= 11 is 0. The number of aliphatic hydroxyl groups is 1. The van der Waals surface area contributed by atoms with Crippen molar-refractivity contribution in [1.29, 1.82) is 5.53 Å². The Morgan fingerprint density at radius 2 is 1.61 bits per heavy atom. The molecule has 0 amide bonds. The number of nitrogens with zero attached hydrogens (tertiary/aromatic N) is 1. The Kier molecular flexibility index (Phi) is 7.01. The fraction of sp³-hybridized carbons (Fsp3) is 0.214. The average Bonchev–Trinajstić information content (AvgIpc) is 3.14. The number of nitrogens with one attached hydrogen (secondary N) is 2. The molecule has 0 fully saturated rings. The highest BCUT2D eigenvalue weighted by Crippen LogP contribution is 2.39. The Morgan fingerprint density at radius 3 is 2.18 bits per heavy atom. The van der Waals surface area contributed by atoms with Crippen LogP contribution in [0.3, 0.4) is 0 Å². The van der Waals surface area contributed by atoms with Gasteiger partial charge in [0.2, 0.25) is 11.9 Å². The Balaban J connectivity index is 1.81. The average molecular weight is 441 g/mol. The first kappa shape index (κ1) is 22.5. The lowest BCUT2D eigenvalue weighted by Gasteiger charge is -2.18. The van der Waals surface area contributed by atoms with Crippen LogP contribution in [0.2, 0.25) is 0 Å². The number of benzene rings is 3. The topological polar surface area (TPSA) is 68.3 Å². The third-order valence-electron chi connectivity index (χ3n) is 5.93. The highest BCUT2D eigenvalue weighted by Gasteiger charge is 2.38. The highest BCUT2D eigenvalue weighted by atomic mass is 16.5. The molecule has 1 heterocycles. The Hall–Kier alpha value is -3.70. The predicted octanol–water partition coefficient (Wildman–Crippen LogP) is 5.46. The predicted molar refractivity (Wildman–Crippen MR) is 129 cm³/mol. The summed E-state index contributed by atoms with van der Waals surface area (Å²) in [4.78, 5) is 0. The third-order valence-corrected chi connectivity index (χ3v) is 5.93. The maximum atomic E-state index is 9.70. The zero-order valence-electron chi connectivity index (χ0n) is 19.1. The molecule has 0 saturated heterocycles. The monoisotopic (exact) mass is 440 g/mol. The van der Waals surface area contributed by atoms with Gasteiger partial charge in [0, 0.05) is 25.1 Å². The number of hydrogen-bond donors (Lipinski definition) is 3. The van der Waals surface area contributed by atoms with E-state index in [0.29, 0.717) is 13.0 Å². The van der Waals surface area contributed by atoms with E-state index in [-0.39, 0.29) is 12.5 Å². The van der Waals surface area contributed by atoms with Crippen molar-refractivity contribution in [2.24, 2.45) is 0 Å². The minimum absolute atomic E-state index is 0.0211. The molecule has 33 heavy (non-hydrogen) atoms. The van der Waals surface area contributed by atoms with E-state index in [1.165, 1.54) is 4.70 Å². The fourth-order valence-electron chi connectivity index (χ4n) is 4.40. The van der Waals surface area contributed by atoms with Crippen LogP contribution in [0.5, 0.6) is 5.75 Å². The Labute approximate surface area is 195 Å². The van der Waals surface area contributed by atoms with Crippen molar-refractivity contribution >= 4 is 0 Å². The number of hydrogen-bond acceptors (Lipinski definition) is 4. The molecule has 1 aliphatic rings. The summed E-state index contributed by atoms with van der Waals surface area (Å²) in [6.07, 6.45) is 2.28. The second-order valence-corrected chi connectivity index (χ2v) is 8.18. The fourth-order valence-corrected chi connectivity index (χ4v) is 4.40. The first-order chi connectivity index (χ1) is 16.1. The van der Waals surface area contributed by atoms with Crippen LogP contribution in [0.1, 0.15) is 34.6 Å². The molecule has 3 N–H and O–H groups in total. The molecule has 0 atom stereocenters. The number of rotatable bonds is 9. The molecule has 0 aromatic heterocycles. The summed E-state index contributed by atoms with van der Waals surface area (Å²) in [7, 11) is 1.68. The van der Waals surface area contributed by atoms with E-state index in [2.05, 4.69) is 42.6 Å². The molecule has 0 unspecified atom stereocenters. The van der Waals surface area contributed by atoms with Crippen LogP contribution >= 0.6 is 0 Å². The molecular weight excluding hydrogens is 410 g/mol. The Morgan fingerprint density at radius 1 is 0.970 bits per heavy atom. The molecule has 0 spiro atoms. The molecule has 0 aliphatic carbocycles. The van der Waals surface area contributed by atoms with Crippen LogP contribution in [0.4, 0.5) is 0 Å². The van der Waals surface area contributed by atoms with Crippen LogP contribution in [0.15, 0.2) is 102 Å². The van der Waals surface area contributed by atoms with Crippen molar-refractivity contribution in [2.45, 2.75) is 25.8 Å². The minimum Gasteiger partial charge on any atom is -0.496 e. The molecule has 4 rings (SSSR count). The van der Waals surface area contributed by atoms with Gasteiger partial charge in [-0.1, -0.05) is 83.1 Å². The van der Waals surface area contributed by atoms with Crippen LogP contribution in [-0.4, -0.2) is 23.5 Å². The molecule has 0 saturated carbocycles. The molecular formula is C28H30N3O2+. The summed E-state index contributed by atoms with van der Waals surface area (Å²) in [6, 6.07) is 26.7. The number of methoxy groups -OCH3 is 1. The number of allylic oxidation sites excluding steroid dienone is 2. The third kappa shape index (κ3) is 4.89. The number of aryl methyl sites for hydroxylation is 1. The van der Waals surface area contributed by atoms with Gasteiger partial charge in [-0.2, -0.15) is 0 Å². The minimum atomic E-state index is -0.126. The van der Waals surface area contributed by atoms with Gasteiger partial charge in [-0.3, -0.25) is 0 Å². The van der Waals surface area contributed by atoms with Gasteiger partial charge >= 0.3 is 0 Å². The molecule has 3 aromatic carbocycles. The summed E-state index contributed by atoms with van der Waals surface area (Å²) in [5, 5.41) is 13.3. The van der Waals surface area contributed by atoms with E-state index < -0.39 is 0 Å². The standard InChI is InChI=1S/C28H30N3O2/c1-20-13-14-25(33-2)24(17-20)18-30-27-23(15-16-32)19-31(29)28(27)26(21-9-5-3-6-10-21)22-11-7-4-8-12-22/h3-14,17,19,26,29-30,32H,15-16,18H2,1-2H3/q+1. The molecule has 3 aromatic rings. The summed E-state index contributed by atoms with van der Waals surface area (Å²) in [5.74, 6) is 0.700. The van der Waals surface area contributed by atoms with Gasteiger partial charge in [-0.15, -0.1) is 0 Å². The maximum absolute atomic E-state index is 9.70.